The third-order valence-corrected chi connectivity index (χ3v) is 5.55. The summed E-state index contributed by atoms with van der Waals surface area (Å²) in [5.41, 5.74) is 0.365. The summed E-state index contributed by atoms with van der Waals surface area (Å²) in [6, 6.07) is 4.56. The zero-order valence-electron chi connectivity index (χ0n) is 13.0. The molecule has 0 radical (unpaired) electrons. The smallest absolute Gasteiger partial charge is 0.253 e. The lowest BCUT2D eigenvalue weighted by atomic mass is 10.1. The van der Waals surface area contributed by atoms with E-state index in [9.17, 15) is 13.2 Å². The van der Waals surface area contributed by atoms with E-state index < -0.39 is 10.0 Å². The van der Waals surface area contributed by atoms with Gasteiger partial charge < -0.3 is 15.0 Å². The van der Waals surface area contributed by atoms with E-state index in [4.69, 9.17) is 4.74 Å². The molecule has 1 heterocycles. The molecule has 1 aromatic rings. The summed E-state index contributed by atoms with van der Waals surface area (Å²) in [6.45, 7) is 2.73. The molecule has 8 heteroatoms. The number of hydrogen-bond donors (Lipinski definition) is 2. The van der Waals surface area contributed by atoms with Gasteiger partial charge in [-0.25, -0.2) is 13.1 Å². The monoisotopic (exact) mass is 339 g/mol. The van der Waals surface area contributed by atoms with Gasteiger partial charge in [0.2, 0.25) is 10.0 Å². The van der Waals surface area contributed by atoms with Crippen LogP contribution >= 0.6 is 0 Å². The minimum atomic E-state index is -3.68. The molecular weight excluding hydrogens is 318 g/mol. The minimum Gasteiger partial charge on any atom is -0.495 e. The normalized spacial score (nSPS) is 18.7. The standard InChI is InChI=1S/C15H21N3O4S/c1-22-13-5-2-11(15(19)18-8-6-16-7-9-18)10-14(13)23(20,21)17-12-3-4-12/h2,5,10,12,16-17H,3-4,6-9H2,1H3. The number of piperazine rings is 1. The third-order valence-electron chi connectivity index (χ3n) is 4.00. The van der Waals surface area contributed by atoms with Gasteiger partial charge in [-0.15, -0.1) is 0 Å². The first-order valence-electron chi connectivity index (χ1n) is 7.71. The maximum atomic E-state index is 12.6. The third kappa shape index (κ3) is 3.65. The van der Waals surface area contributed by atoms with Gasteiger partial charge in [0.05, 0.1) is 7.11 Å². The summed E-state index contributed by atoms with van der Waals surface area (Å²) in [7, 11) is -2.26. The molecule has 126 valence electrons. The Balaban J connectivity index is 1.90. The second-order valence-corrected chi connectivity index (χ2v) is 7.49. The Morgan fingerprint density at radius 3 is 2.61 bits per heavy atom. The van der Waals surface area contributed by atoms with Crippen LogP contribution in [0.15, 0.2) is 23.1 Å². The van der Waals surface area contributed by atoms with Crippen molar-refractivity contribution in [2.45, 2.75) is 23.8 Å². The van der Waals surface area contributed by atoms with Crippen molar-refractivity contribution in [1.29, 1.82) is 0 Å². The van der Waals surface area contributed by atoms with Crippen molar-refractivity contribution in [1.82, 2.24) is 14.9 Å². The van der Waals surface area contributed by atoms with Crippen molar-refractivity contribution in [2.24, 2.45) is 0 Å². The van der Waals surface area contributed by atoms with Crippen LogP contribution in [0.3, 0.4) is 0 Å². The Morgan fingerprint density at radius 1 is 1.30 bits per heavy atom. The lowest BCUT2D eigenvalue weighted by molar-refractivity contribution is 0.0735. The van der Waals surface area contributed by atoms with Gasteiger partial charge in [0.25, 0.3) is 5.91 Å². The fourth-order valence-electron chi connectivity index (χ4n) is 2.55. The summed E-state index contributed by atoms with van der Waals surface area (Å²) in [4.78, 5) is 14.3. The molecule has 3 rings (SSSR count). The molecule has 0 spiro atoms. The predicted octanol–water partition coefficient (Wildman–Crippen LogP) is 0.181. The number of amides is 1. The number of ether oxygens (including phenoxy) is 1. The maximum absolute atomic E-state index is 12.6. The van der Waals surface area contributed by atoms with Gasteiger partial charge in [-0.3, -0.25) is 4.79 Å². The molecule has 0 bridgehead atoms. The average molecular weight is 339 g/mol. The number of methoxy groups -OCH3 is 1. The summed E-state index contributed by atoms with van der Waals surface area (Å²) in [5.74, 6) is 0.0898. The highest BCUT2D eigenvalue weighted by Gasteiger charge is 2.30. The van der Waals surface area contributed by atoms with E-state index in [-0.39, 0.29) is 22.6 Å². The van der Waals surface area contributed by atoms with Gasteiger partial charge in [-0.05, 0) is 31.0 Å². The number of rotatable bonds is 5. The minimum absolute atomic E-state index is 0.00256. The van der Waals surface area contributed by atoms with E-state index >= 15 is 0 Å². The molecule has 0 unspecified atom stereocenters. The molecule has 1 aliphatic carbocycles. The molecule has 1 saturated heterocycles. The molecule has 0 aromatic heterocycles. The largest absolute Gasteiger partial charge is 0.495 e. The van der Waals surface area contributed by atoms with Gasteiger partial charge in [0, 0.05) is 37.8 Å². The summed E-state index contributed by atoms with van der Waals surface area (Å²) in [5, 5.41) is 3.18. The lowest BCUT2D eigenvalue weighted by Gasteiger charge is -2.27. The van der Waals surface area contributed by atoms with Crippen LogP contribution in [0.1, 0.15) is 23.2 Å². The van der Waals surface area contributed by atoms with Crippen LogP contribution in [-0.2, 0) is 10.0 Å². The SMILES string of the molecule is COc1ccc(C(=O)N2CCNCC2)cc1S(=O)(=O)NC1CC1. The molecule has 1 saturated carbocycles. The van der Waals surface area contributed by atoms with E-state index in [1.807, 2.05) is 0 Å². The summed E-state index contributed by atoms with van der Waals surface area (Å²) in [6.07, 6.45) is 1.70. The first kappa shape index (κ1) is 16.2. The van der Waals surface area contributed by atoms with Gasteiger partial charge >= 0.3 is 0 Å². The highest BCUT2D eigenvalue weighted by Crippen LogP contribution is 2.28. The summed E-state index contributed by atoms with van der Waals surface area (Å²) >= 11 is 0. The van der Waals surface area contributed by atoms with Crippen LogP contribution in [0.5, 0.6) is 5.75 Å². The predicted molar refractivity (Wildman–Crippen MR) is 85.1 cm³/mol. The van der Waals surface area contributed by atoms with E-state index in [0.717, 1.165) is 25.9 Å². The first-order chi connectivity index (χ1) is 11.0. The average Bonchev–Trinajstić information content (AvgIpc) is 3.37. The van der Waals surface area contributed by atoms with Gasteiger partial charge in [0.1, 0.15) is 10.6 Å². The Kier molecular flexibility index (Phi) is 4.56. The molecule has 0 atom stereocenters. The molecular formula is C15H21N3O4S. The second kappa shape index (κ2) is 6.46. The van der Waals surface area contributed by atoms with Crippen molar-refractivity contribution in [3.05, 3.63) is 23.8 Å². The van der Waals surface area contributed by atoms with Crippen LogP contribution in [-0.4, -0.2) is 58.6 Å². The van der Waals surface area contributed by atoms with Crippen LogP contribution in [0.25, 0.3) is 0 Å². The van der Waals surface area contributed by atoms with E-state index in [1.165, 1.54) is 19.2 Å². The van der Waals surface area contributed by atoms with Gasteiger partial charge in [0.15, 0.2) is 0 Å². The fourth-order valence-corrected chi connectivity index (χ4v) is 4.05. The van der Waals surface area contributed by atoms with Crippen molar-refractivity contribution in [3.8, 4) is 5.75 Å². The number of benzene rings is 1. The molecule has 2 fully saturated rings. The van der Waals surface area contributed by atoms with Crippen molar-refractivity contribution < 1.29 is 17.9 Å². The lowest BCUT2D eigenvalue weighted by Crippen LogP contribution is -2.46. The number of hydrogen-bond acceptors (Lipinski definition) is 5. The number of sulfonamides is 1. The van der Waals surface area contributed by atoms with Crippen molar-refractivity contribution in [2.75, 3.05) is 33.3 Å². The van der Waals surface area contributed by atoms with Crippen molar-refractivity contribution >= 4 is 15.9 Å². The van der Waals surface area contributed by atoms with E-state index in [1.54, 1.807) is 11.0 Å². The Labute approximate surface area is 136 Å². The van der Waals surface area contributed by atoms with E-state index in [2.05, 4.69) is 10.0 Å². The topological polar surface area (TPSA) is 87.7 Å². The molecule has 23 heavy (non-hydrogen) atoms. The molecule has 1 aromatic carbocycles. The second-order valence-electron chi connectivity index (χ2n) is 5.80. The highest BCUT2D eigenvalue weighted by atomic mass is 32.2. The molecule has 7 nitrogen and oxygen atoms in total. The van der Waals surface area contributed by atoms with Crippen LogP contribution < -0.4 is 14.8 Å². The highest BCUT2D eigenvalue weighted by molar-refractivity contribution is 7.89. The number of carbonyl (C=O) groups is 1. The fraction of sp³-hybridized carbons (Fsp3) is 0.533. The zero-order chi connectivity index (χ0) is 16.4. The number of nitrogens with one attached hydrogen (secondary N) is 2. The van der Waals surface area contributed by atoms with E-state index in [0.29, 0.717) is 18.7 Å². The van der Waals surface area contributed by atoms with Crippen LogP contribution in [0, 0.1) is 0 Å². The molecule has 2 aliphatic rings. The summed E-state index contributed by atoms with van der Waals surface area (Å²) < 4.78 is 32.8. The Bertz CT molecular complexity index is 695. The Hall–Kier alpha value is -1.64. The van der Waals surface area contributed by atoms with Gasteiger partial charge in [-0.2, -0.15) is 0 Å². The zero-order valence-corrected chi connectivity index (χ0v) is 13.9. The van der Waals surface area contributed by atoms with Crippen LogP contribution in [0.4, 0.5) is 0 Å². The van der Waals surface area contributed by atoms with Gasteiger partial charge in [-0.1, -0.05) is 0 Å². The molecule has 2 N–H and O–H groups in total. The Morgan fingerprint density at radius 2 is 2.00 bits per heavy atom. The van der Waals surface area contributed by atoms with Crippen molar-refractivity contribution in [3.63, 3.8) is 0 Å². The number of nitrogens with zero attached hydrogens (tertiary/aromatic N) is 1. The first-order valence-corrected chi connectivity index (χ1v) is 9.20. The maximum Gasteiger partial charge on any atom is 0.253 e. The van der Waals surface area contributed by atoms with Crippen LogP contribution in [0.2, 0.25) is 0 Å². The quantitative estimate of drug-likeness (QED) is 0.799. The molecule has 1 aliphatic heterocycles. The number of carbonyl (C=O) groups excluding carboxylic acids is 1. The molecule has 1 amide bonds.